The van der Waals surface area contributed by atoms with Crippen LogP contribution in [0.5, 0.6) is 11.5 Å². The van der Waals surface area contributed by atoms with Gasteiger partial charge in [-0.1, -0.05) is 0 Å². The smallest absolute Gasteiger partial charge is 0.176 e. The summed E-state index contributed by atoms with van der Waals surface area (Å²) in [6.07, 6.45) is -0.293. The van der Waals surface area contributed by atoms with Crippen molar-refractivity contribution in [2.75, 3.05) is 32.8 Å². The molecule has 0 aliphatic carbocycles. The zero-order valence-electron chi connectivity index (χ0n) is 10.9. The van der Waals surface area contributed by atoms with Crippen LogP contribution >= 0.6 is 0 Å². The SMILES string of the molecule is COC(OC)C(C)Nc1ccc2c(c1)OCCO2. The predicted octanol–water partition coefficient (Wildman–Crippen LogP) is 1.88. The molecule has 100 valence electrons. The quantitative estimate of drug-likeness (QED) is 0.812. The van der Waals surface area contributed by atoms with E-state index < -0.39 is 0 Å². The maximum Gasteiger partial charge on any atom is 0.176 e. The van der Waals surface area contributed by atoms with Crippen LogP contribution in [0.15, 0.2) is 18.2 Å². The van der Waals surface area contributed by atoms with Crippen molar-refractivity contribution in [3.05, 3.63) is 18.2 Å². The minimum Gasteiger partial charge on any atom is -0.486 e. The first-order chi connectivity index (χ1) is 8.74. The van der Waals surface area contributed by atoms with Crippen molar-refractivity contribution >= 4 is 5.69 Å². The summed E-state index contributed by atoms with van der Waals surface area (Å²) in [6, 6.07) is 5.81. The third-order valence-electron chi connectivity index (χ3n) is 2.81. The Labute approximate surface area is 107 Å². The van der Waals surface area contributed by atoms with Gasteiger partial charge in [-0.3, -0.25) is 0 Å². The number of methoxy groups -OCH3 is 2. The number of hydrogen-bond acceptors (Lipinski definition) is 5. The number of anilines is 1. The molecule has 0 fully saturated rings. The Hall–Kier alpha value is -1.46. The van der Waals surface area contributed by atoms with E-state index >= 15 is 0 Å². The second-order valence-corrected chi connectivity index (χ2v) is 4.13. The van der Waals surface area contributed by atoms with Crippen molar-refractivity contribution in [1.82, 2.24) is 0 Å². The van der Waals surface area contributed by atoms with Crippen LogP contribution in [-0.4, -0.2) is 39.8 Å². The van der Waals surface area contributed by atoms with E-state index in [1.54, 1.807) is 14.2 Å². The summed E-state index contributed by atoms with van der Waals surface area (Å²) < 4.78 is 21.4. The Morgan fingerprint density at radius 2 is 1.78 bits per heavy atom. The molecule has 1 aromatic rings. The molecule has 1 N–H and O–H groups in total. The van der Waals surface area contributed by atoms with Crippen LogP contribution in [-0.2, 0) is 9.47 Å². The minimum absolute atomic E-state index is 0.0301. The molecular formula is C13H19NO4. The number of ether oxygens (including phenoxy) is 4. The molecule has 1 heterocycles. The molecule has 18 heavy (non-hydrogen) atoms. The molecule has 1 aromatic carbocycles. The molecule has 1 atom stereocenters. The lowest BCUT2D eigenvalue weighted by Crippen LogP contribution is -2.33. The van der Waals surface area contributed by atoms with Gasteiger partial charge >= 0.3 is 0 Å². The first-order valence-electron chi connectivity index (χ1n) is 5.96. The highest BCUT2D eigenvalue weighted by Crippen LogP contribution is 2.32. The molecule has 0 spiro atoms. The van der Waals surface area contributed by atoms with Gasteiger partial charge in [-0.05, 0) is 19.1 Å². The molecule has 1 unspecified atom stereocenters. The molecule has 2 rings (SSSR count). The van der Waals surface area contributed by atoms with Crippen LogP contribution in [0.4, 0.5) is 5.69 Å². The fraction of sp³-hybridized carbons (Fsp3) is 0.538. The molecule has 1 aliphatic heterocycles. The summed E-state index contributed by atoms with van der Waals surface area (Å²) in [5, 5.41) is 3.31. The molecule has 0 radical (unpaired) electrons. The lowest BCUT2D eigenvalue weighted by molar-refractivity contribution is -0.109. The van der Waals surface area contributed by atoms with Crippen LogP contribution in [0.25, 0.3) is 0 Å². The van der Waals surface area contributed by atoms with E-state index in [9.17, 15) is 0 Å². The Kier molecular flexibility index (Phi) is 4.28. The van der Waals surface area contributed by atoms with Crippen molar-refractivity contribution in [2.45, 2.75) is 19.3 Å². The summed E-state index contributed by atoms with van der Waals surface area (Å²) in [5.41, 5.74) is 0.950. The number of benzene rings is 1. The topological polar surface area (TPSA) is 49.0 Å². The Balaban J connectivity index is 2.05. The molecule has 0 saturated carbocycles. The van der Waals surface area contributed by atoms with Gasteiger partial charge in [0.1, 0.15) is 13.2 Å². The lowest BCUT2D eigenvalue weighted by Gasteiger charge is -2.24. The van der Waals surface area contributed by atoms with Gasteiger partial charge in [0.2, 0.25) is 0 Å². The highest BCUT2D eigenvalue weighted by atomic mass is 16.7. The fourth-order valence-corrected chi connectivity index (χ4v) is 1.97. The van der Waals surface area contributed by atoms with Crippen molar-refractivity contribution < 1.29 is 18.9 Å². The van der Waals surface area contributed by atoms with Crippen LogP contribution in [0.1, 0.15) is 6.92 Å². The normalized spacial score (nSPS) is 15.6. The average Bonchev–Trinajstić information content (AvgIpc) is 2.40. The van der Waals surface area contributed by atoms with Crippen molar-refractivity contribution in [3.63, 3.8) is 0 Å². The highest BCUT2D eigenvalue weighted by Gasteiger charge is 2.17. The molecule has 1 aliphatic rings. The second-order valence-electron chi connectivity index (χ2n) is 4.13. The summed E-state index contributed by atoms with van der Waals surface area (Å²) in [7, 11) is 3.24. The van der Waals surface area contributed by atoms with Crippen molar-refractivity contribution in [3.8, 4) is 11.5 Å². The maximum atomic E-state index is 5.53. The number of fused-ring (bicyclic) bond motifs is 1. The maximum absolute atomic E-state index is 5.53. The monoisotopic (exact) mass is 253 g/mol. The second kappa shape index (κ2) is 5.93. The number of nitrogens with one attached hydrogen (secondary N) is 1. The summed E-state index contributed by atoms with van der Waals surface area (Å²) >= 11 is 0. The standard InChI is InChI=1S/C13H19NO4/c1-9(13(15-2)16-3)14-10-4-5-11-12(8-10)18-7-6-17-11/h4-5,8-9,13-14H,6-7H2,1-3H3. The molecule has 5 heteroatoms. The van der Waals surface area contributed by atoms with Crippen LogP contribution < -0.4 is 14.8 Å². The van der Waals surface area contributed by atoms with Gasteiger partial charge < -0.3 is 24.3 Å². The average molecular weight is 253 g/mol. The van der Waals surface area contributed by atoms with Crippen molar-refractivity contribution in [1.29, 1.82) is 0 Å². The van der Waals surface area contributed by atoms with Gasteiger partial charge in [-0.25, -0.2) is 0 Å². The highest BCUT2D eigenvalue weighted by molar-refractivity contribution is 5.55. The minimum atomic E-state index is -0.293. The fourth-order valence-electron chi connectivity index (χ4n) is 1.97. The zero-order valence-corrected chi connectivity index (χ0v) is 10.9. The lowest BCUT2D eigenvalue weighted by atomic mass is 10.2. The first kappa shape index (κ1) is 13.0. The Morgan fingerprint density at radius 1 is 1.11 bits per heavy atom. The van der Waals surface area contributed by atoms with Gasteiger partial charge in [0.05, 0.1) is 6.04 Å². The molecular weight excluding hydrogens is 234 g/mol. The van der Waals surface area contributed by atoms with Gasteiger partial charge in [0, 0.05) is 26.0 Å². The van der Waals surface area contributed by atoms with Gasteiger partial charge in [-0.15, -0.1) is 0 Å². The van der Waals surface area contributed by atoms with Crippen LogP contribution in [0, 0.1) is 0 Å². The van der Waals surface area contributed by atoms with E-state index in [0.29, 0.717) is 13.2 Å². The zero-order chi connectivity index (χ0) is 13.0. The summed E-state index contributed by atoms with van der Waals surface area (Å²) in [6.45, 7) is 3.19. The number of rotatable bonds is 5. The van der Waals surface area contributed by atoms with Crippen LogP contribution in [0.2, 0.25) is 0 Å². The molecule has 5 nitrogen and oxygen atoms in total. The van der Waals surface area contributed by atoms with E-state index in [2.05, 4.69) is 5.32 Å². The number of hydrogen-bond donors (Lipinski definition) is 1. The third kappa shape index (κ3) is 2.86. The van der Waals surface area contributed by atoms with E-state index in [4.69, 9.17) is 18.9 Å². The Bertz CT molecular complexity index is 393. The predicted molar refractivity (Wildman–Crippen MR) is 68.3 cm³/mol. The molecule has 0 saturated heterocycles. The summed E-state index contributed by atoms with van der Waals surface area (Å²) in [5.74, 6) is 1.55. The van der Waals surface area contributed by atoms with Crippen LogP contribution in [0.3, 0.4) is 0 Å². The largest absolute Gasteiger partial charge is 0.486 e. The molecule has 0 aromatic heterocycles. The van der Waals surface area contributed by atoms with Gasteiger partial charge in [0.25, 0.3) is 0 Å². The molecule has 0 amide bonds. The first-order valence-corrected chi connectivity index (χ1v) is 5.96. The third-order valence-corrected chi connectivity index (χ3v) is 2.81. The van der Waals surface area contributed by atoms with Crippen molar-refractivity contribution in [2.24, 2.45) is 0 Å². The van der Waals surface area contributed by atoms with E-state index in [0.717, 1.165) is 17.2 Å². The molecule has 0 bridgehead atoms. The summed E-state index contributed by atoms with van der Waals surface area (Å²) in [4.78, 5) is 0. The van der Waals surface area contributed by atoms with E-state index in [-0.39, 0.29) is 12.3 Å². The van der Waals surface area contributed by atoms with Gasteiger partial charge in [0.15, 0.2) is 17.8 Å². The Morgan fingerprint density at radius 3 is 2.44 bits per heavy atom. The van der Waals surface area contributed by atoms with Gasteiger partial charge in [-0.2, -0.15) is 0 Å². The van der Waals surface area contributed by atoms with E-state index in [1.807, 2.05) is 25.1 Å². The van der Waals surface area contributed by atoms with E-state index in [1.165, 1.54) is 0 Å².